The third-order valence-electron chi connectivity index (χ3n) is 3.65. The molecule has 1 aliphatic rings. The maximum atomic E-state index is 13.5. The van der Waals surface area contributed by atoms with Gasteiger partial charge >= 0.3 is 6.03 Å². The van der Waals surface area contributed by atoms with E-state index in [0.717, 1.165) is 5.69 Å². The van der Waals surface area contributed by atoms with Gasteiger partial charge in [-0.25, -0.2) is 9.18 Å². The van der Waals surface area contributed by atoms with Crippen LogP contribution in [-0.4, -0.2) is 24.5 Å². The second-order valence-electron chi connectivity index (χ2n) is 5.32. The van der Waals surface area contributed by atoms with E-state index < -0.39 is 11.8 Å². The molecule has 1 unspecified atom stereocenters. The molecule has 23 heavy (non-hydrogen) atoms. The fourth-order valence-corrected chi connectivity index (χ4v) is 2.57. The molecular formula is C17H16FN3O2. The number of hydrogen-bond donors (Lipinski definition) is 2. The molecule has 3 amide bonds. The van der Waals surface area contributed by atoms with Gasteiger partial charge in [0.1, 0.15) is 5.82 Å². The minimum Gasteiger partial charge on any atom is -0.333 e. The smallest absolute Gasteiger partial charge is 0.319 e. The van der Waals surface area contributed by atoms with Crippen LogP contribution in [0, 0.1) is 5.82 Å². The van der Waals surface area contributed by atoms with Gasteiger partial charge in [0.15, 0.2) is 0 Å². The number of amides is 3. The van der Waals surface area contributed by atoms with Gasteiger partial charge in [-0.3, -0.25) is 4.79 Å². The van der Waals surface area contributed by atoms with Gasteiger partial charge in [0.05, 0.1) is 11.7 Å². The Labute approximate surface area is 133 Å². The third-order valence-corrected chi connectivity index (χ3v) is 3.65. The molecule has 1 aliphatic heterocycles. The maximum Gasteiger partial charge on any atom is 0.319 e. The molecule has 2 aromatic carbocycles. The van der Waals surface area contributed by atoms with Gasteiger partial charge in [-0.05, 0) is 24.3 Å². The fraction of sp³-hybridized carbons (Fsp3) is 0.176. The molecule has 0 aromatic heterocycles. The summed E-state index contributed by atoms with van der Waals surface area (Å²) < 4.78 is 13.5. The molecular weight excluding hydrogens is 297 g/mol. The van der Waals surface area contributed by atoms with Crippen molar-refractivity contribution in [3.63, 3.8) is 0 Å². The van der Waals surface area contributed by atoms with E-state index in [1.165, 1.54) is 12.1 Å². The molecule has 118 valence electrons. The number of benzene rings is 2. The highest BCUT2D eigenvalue weighted by Crippen LogP contribution is 2.21. The van der Waals surface area contributed by atoms with Crippen LogP contribution in [0.3, 0.4) is 0 Å². The Morgan fingerprint density at radius 1 is 1.09 bits per heavy atom. The van der Waals surface area contributed by atoms with Crippen LogP contribution in [0.4, 0.5) is 20.6 Å². The summed E-state index contributed by atoms with van der Waals surface area (Å²) in [6.45, 7) is 0.396. The second-order valence-corrected chi connectivity index (χ2v) is 5.32. The molecule has 5 nitrogen and oxygen atoms in total. The molecule has 1 saturated heterocycles. The summed E-state index contributed by atoms with van der Waals surface area (Å²) in [7, 11) is 0. The Morgan fingerprint density at radius 2 is 1.78 bits per heavy atom. The Hall–Kier alpha value is -2.89. The summed E-state index contributed by atoms with van der Waals surface area (Å²) in [4.78, 5) is 25.7. The lowest BCUT2D eigenvalue weighted by Gasteiger charge is -2.17. The molecule has 3 rings (SSSR count). The molecule has 6 heteroatoms. The average molecular weight is 313 g/mol. The molecule has 1 heterocycles. The molecule has 0 saturated carbocycles. The van der Waals surface area contributed by atoms with Gasteiger partial charge in [0, 0.05) is 18.7 Å². The van der Waals surface area contributed by atoms with Crippen molar-refractivity contribution in [1.82, 2.24) is 5.32 Å². The summed E-state index contributed by atoms with van der Waals surface area (Å²) in [6, 6.07) is 14.4. The van der Waals surface area contributed by atoms with Gasteiger partial charge in [-0.1, -0.05) is 30.3 Å². The van der Waals surface area contributed by atoms with Gasteiger partial charge in [0.2, 0.25) is 5.91 Å². The number of anilines is 2. The van der Waals surface area contributed by atoms with Crippen molar-refractivity contribution in [3.05, 3.63) is 60.4 Å². The lowest BCUT2D eigenvalue weighted by atomic mass is 10.2. The van der Waals surface area contributed by atoms with Crippen molar-refractivity contribution in [2.75, 3.05) is 16.8 Å². The second kappa shape index (κ2) is 6.48. The lowest BCUT2D eigenvalue weighted by Crippen LogP contribution is -2.39. The first-order chi connectivity index (χ1) is 11.1. The molecule has 0 spiro atoms. The highest BCUT2D eigenvalue weighted by molar-refractivity contribution is 5.97. The number of carbonyl (C=O) groups excluding carboxylic acids is 2. The summed E-state index contributed by atoms with van der Waals surface area (Å²) in [5, 5.41) is 5.16. The molecule has 2 aromatic rings. The summed E-state index contributed by atoms with van der Waals surface area (Å²) >= 11 is 0. The van der Waals surface area contributed by atoms with Crippen molar-refractivity contribution < 1.29 is 14.0 Å². The van der Waals surface area contributed by atoms with Crippen LogP contribution >= 0.6 is 0 Å². The number of para-hydroxylation sites is 2. The summed E-state index contributed by atoms with van der Waals surface area (Å²) in [5.74, 6) is -0.552. The molecule has 0 radical (unpaired) electrons. The zero-order valence-corrected chi connectivity index (χ0v) is 12.3. The molecule has 0 bridgehead atoms. The first-order valence-corrected chi connectivity index (χ1v) is 7.31. The Bertz CT molecular complexity index is 721. The first kappa shape index (κ1) is 15.0. The lowest BCUT2D eigenvalue weighted by molar-refractivity contribution is -0.117. The van der Waals surface area contributed by atoms with Gasteiger partial charge < -0.3 is 15.5 Å². The zero-order chi connectivity index (χ0) is 16.2. The number of nitrogens with one attached hydrogen (secondary N) is 2. The normalized spacial score (nSPS) is 17.2. The minimum absolute atomic E-state index is 0.0487. The molecule has 2 N–H and O–H groups in total. The zero-order valence-electron chi connectivity index (χ0n) is 12.3. The van der Waals surface area contributed by atoms with Crippen molar-refractivity contribution >= 4 is 23.3 Å². The van der Waals surface area contributed by atoms with Crippen LogP contribution in [-0.2, 0) is 4.79 Å². The average Bonchev–Trinajstić information content (AvgIpc) is 2.91. The van der Waals surface area contributed by atoms with E-state index in [1.54, 1.807) is 17.0 Å². The van der Waals surface area contributed by atoms with Crippen molar-refractivity contribution in [1.29, 1.82) is 0 Å². The topological polar surface area (TPSA) is 61.4 Å². The SMILES string of the molecule is O=C(Nc1ccccc1F)NC1CC(=O)N(c2ccccc2)C1. The van der Waals surface area contributed by atoms with Crippen molar-refractivity contribution in [2.45, 2.75) is 12.5 Å². The van der Waals surface area contributed by atoms with Gasteiger partial charge in [-0.15, -0.1) is 0 Å². The number of carbonyl (C=O) groups is 2. The van der Waals surface area contributed by atoms with Crippen LogP contribution in [0.5, 0.6) is 0 Å². The Kier molecular flexibility index (Phi) is 4.23. The number of halogens is 1. The summed E-state index contributed by atoms with van der Waals surface area (Å²) in [6.07, 6.45) is 0.222. The van der Waals surface area contributed by atoms with E-state index in [1.807, 2.05) is 30.3 Å². The predicted octanol–water partition coefficient (Wildman–Crippen LogP) is 2.75. The van der Waals surface area contributed by atoms with E-state index in [0.29, 0.717) is 6.54 Å². The largest absolute Gasteiger partial charge is 0.333 e. The van der Waals surface area contributed by atoms with Crippen LogP contribution in [0.25, 0.3) is 0 Å². The number of nitrogens with zero attached hydrogens (tertiary/aromatic N) is 1. The first-order valence-electron chi connectivity index (χ1n) is 7.31. The van der Waals surface area contributed by atoms with Crippen LogP contribution in [0.15, 0.2) is 54.6 Å². The Morgan fingerprint density at radius 3 is 2.52 bits per heavy atom. The Balaban J connectivity index is 1.60. The van der Waals surface area contributed by atoms with E-state index in [9.17, 15) is 14.0 Å². The molecule has 1 fully saturated rings. The standard InChI is InChI=1S/C17H16FN3O2/c18-14-8-4-5-9-15(14)20-17(23)19-12-10-16(22)21(11-12)13-6-2-1-3-7-13/h1-9,12H,10-11H2,(H2,19,20,23). The quantitative estimate of drug-likeness (QED) is 0.915. The van der Waals surface area contributed by atoms with E-state index in [4.69, 9.17) is 0 Å². The molecule has 0 aliphatic carbocycles. The predicted molar refractivity (Wildman–Crippen MR) is 85.8 cm³/mol. The maximum absolute atomic E-state index is 13.5. The van der Waals surface area contributed by atoms with Crippen LogP contribution < -0.4 is 15.5 Å². The highest BCUT2D eigenvalue weighted by Gasteiger charge is 2.31. The number of hydrogen-bond acceptors (Lipinski definition) is 2. The highest BCUT2D eigenvalue weighted by atomic mass is 19.1. The van der Waals surface area contributed by atoms with Crippen LogP contribution in [0.2, 0.25) is 0 Å². The van der Waals surface area contributed by atoms with Crippen molar-refractivity contribution in [2.24, 2.45) is 0 Å². The monoisotopic (exact) mass is 313 g/mol. The van der Waals surface area contributed by atoms with Gasteiger partial charge in [0.25, 0.3) is 0 Å². The van der Waals surface area contributed by atoms with E-state index in [2.05, 4.69) is 10.6 Å². The minimum atomic E-state index is -0.525. The third kappa shape index (κ3) is 3.48. The summed E-state index contributed by atoms with van der Waals surface area (Å²) in [5.41, 5.74) is 0.908. The van der Waals surface area contributed by atoms with Gasteiger partial charge in [-0.2, -0.15) is 0 Å². The van der Waals surface area contributed by atoms with E-state index in [-0.39, 0.29) is 24.1 Å². The van der Waals surface area contributed by atoms with Crippen molar-refractivity contribution in [3.8, 4) is 0 Å². The number of rotatable bonds is 3. The van der Waals surface area contributed by atoms with Crippen LogP contribution in [0.1, 0.15) is 6.42 Å². The fourth-order valence-electron chi connectivity index (χ4n) is 2.57. The molecule has 1 atom stereocenters. The number of urea groups is 1. The van der Waals surface area contributed by atoms with E-state index >= 15 is 0 Å².